The standard InChI is InChI=1S/C16H22F2N2O/c1-2-16(5-3-6-19-11-16)15(21)20-7-4-12-8-13(17)10-14(18)9-12/h8-10,19H,2-7,11H2,1H3,(H,20,21). The van der Waals surface area contributed by atoms with Crippen LogP contribution in [0.2, 0.25) is 0 Å². The summed E-state index contributed by atoms with van der Waals surface area (Å²) in [6.45, 7) is 4.07. The number of hydrogen-bond acceptors (Lipinski definition) is 2. The van der Waals surface area contributed by atoms with Crippen LogP contribution >= 0.6 is 0 Å². The third-order valence-electron chi connectivity index (χ3n) is 4.25. The Kier molecular flexibility index (Phi) is 5.28. The molecule has 1 amide bonds. The van der Waals surface area contributed by atoms with Gasteiger partial charge >= 0.3 is 0 Å². The third kappa shape index (κ3) is 4.00. The van der Waals surface area contributed by atoms with Gasteiger partial charge < -0.3 is 10.6 Å². The molecule has 2 N–H and O–H groups in total. The Balaban J connectivity index is 1.88. The van der Waals surface area contributed by atoms with Crippen LogP contribution in [0.3, 0.4) is 0 Å². The van der Waals surface area contributed by atoms with Crippen molar-refractivity contribution in [3.8, 4) is 0 Å². The number of piperidine rings is 1. The van der Waals surface area contributed by atoms with Gasteiger partial charge in [0, 0.05) is 19.2 Å². The Bertz CT molecular complexity index is 479. The zero-order valence-corrected chi connectivity index (χ0v) is 12.3. The van der Waals surface area contributed by atoms with Crippen molar-refractivity contribution < 1.29 is 13.6 Å². The average Bonchev–Trinajstić information content (AvgIpc) is 2.47. The molecule has 1 aromatic rings. The number of carbonyl (C=O) groups is 1. The fourth-order valence-corrected chi connectivity index (χ4v) is 2.89. The van der Waals surface area contributed by atoms with Crippen LogP contribution in [-0.4, -0.2) is 25.5 Å². The van der Waals surface area contributed by atoms with Gasteiger partial charge in [0.15, 0.2) is 0 Å². The van der Waals surface area contributed by atoms with Crippen molar-refractivity contribution in [3.05, 3.63) is 35.4 Å². The van der Waals surface area contributed by atoms with E-state index in [-0.39, 0.29) is 11.3 Å². The van der Waals surface area contributed by atoms with Gasteiger partial charge in [-0.3, -0.25) is 4.79 Å². The summed E-state index contributed by atoms with van der Waals surface area (Å²) in [5, 5.41) is 6.18. The van der Waals surface area contributed by atoms with E-state index >= 15 is 0 Å². The SMILES string of the molecule is CCC1(C(=O)NCCc2cc(F)cc(F)c2)CCCNC1. The normalized spacial score (nSPS) is 22.0. The van der Waals surface area contributed by atoms with Crippen molar-refractivity contribution in [2.45, 2.75) is 32.6 Å². The average molecular weight is 296 g/mol. The molecule has 1 aliphatic rings. The van der Waals surface area contributed by atoms with E-state index in [1.807, 2.05) is 6.92 Å². The summed E-state index contributed by atoms with van der Waals surface area (Å²) in [7, 11) is 0. The van der Waals surface area contributed by atoms with Gasteiger partial charge in [0.25, 0.3) is 0 Å². The number of benzene rings is 1. The first-order valence-corrected chi connectivity index (χ1v) is 7.50. The lowest BCUT2D eigenvalue weighted by Crippen LogP contribution is -2.50. The molecule has 1 atom stereocenters. The number of amides is 1. The molecule has 1 unspecified atom stereocenters. The van der Waals surface area contributed by atoms with Gasteiger partial charge in [-0.1, -0.05) is 6.92 Å². The number of nitrogens with one attached hydrogen (secondary N) is 2. The molecule has 0 radical (unpaired) electrons. The van der Waals surface area contributed by atoms with E-state index in [1.54, 1.807) is 0 Å². The van der Waals surface area contributed by atoms with E-state index in [2.05, 4.69) is 10.6 Å². The van der Waals surface area contributed by atoms with Crippen LogP contribution in [-0.2, 0) is 11.2 Å². The van der Waals surface area contributed by atoms with E-state index in [0.29, 0.717) is 25.1 Å². The molecule has 1 fully saturated rings. The van der Waals surface area contributed by atoms with Gasteiger partial charge in [-0.15, -0.1) is 0 Å². The molecule has 21 heavy (non-hydrogen) atoms. The van der Waals surface area contributed by atoms with E-state index in [9.17, 15) is 13.6 Å². The molecule has 1 heterocycles. The van der Waals surface area contributed by atoms with E-state index < -0.39 is 11.6 Å². The Morgan fingerprint density at radius 2 is 2.05 bits per heavy atom. The highest BCUT2D eigenvalue weighted by atomic mass is 19.1. The molecule has 5 heteroatoms. The van der Waals surface area contributed by atoms with Crippen molar-refractivity contribution >= 4 is 5.91 Å². The molecule has 116 valence electrons. The lowest BCUT2D eigenvalue weighted by Gasteiger charge is -2.35. The summed E-state index contributed by atoms with van der Waals surface area (Å²) < 4.78 is 26.2. The van der Waals surface area contributed by atoms with Crippen LogP contribution in [0.15, 0.2) is 18.2 Å². The van der Waals surface area contributed by atoms with Crippen molar-refractivity contribution in [1.82, 2.24) is 10.6 Å². The molecule has 0 aliphatic carbocycles. The zero-order valence-electron chi connectivity index (χ0n) is 12.3. The number of halogens is 2. The molecular formula is C16H22F2N2O. The highest BCUT2D eigenvalue weighted by molar-refractivity contribution is 5.83. The monoisotopic (exact) mass is 296 g/mol. The summed E-state index contributed by atoms with van der Waals surface area (Å²) in [5.74, 6) is -1.13. The fraction of sp³-hybridized carbons (Fsp3) is 0.562. The van der Waals surface area contributed by atoms with Crippen LogP contribution in [0.25, 0.3) is 0 Å². The molecule has 1 saturated heterocycles. The predicted molar refractivity (Wildman–Crippen MR) is 77.9 cm³/mol. The fourth-order valence-electron chi connectivity index (χ4n) is 2.89. The summed E-state index contributed by atoms with van der Waals surface area (Å²) in [6, 6.07) is 3.45. The highest BCUT2D eigenvalue weighted by Gasteiger charge is 2.37. The van der Waals surface area contributed by atoms with Crippen LogP contribution < -0.4 is 10.6 Å². The van der Waals surface area contributed by atoms with Gasteiger partial charge in [-0.05, 0) is 49.9 Å². The van der Waals surface area contributed by atoms with Crippen molar-refractivity contribution in [1.29, 1.82) is 0 Å². The van der Waals surface area contributed by atoms with Crippen LogP contribution in [0, 0.1) is 17.0 Å². The van der Waals surface area contributed by atoms with E-state index in [4.69, 9.17) is 0 Å². The van der Waals surface area contributed by atoms with Gasteiger partial charge in [-0.25, -0.2) is 8.78 Å². The van der Waals surface area contributed by atoms with Gasteiger partial charge in [-0.2, -0.15) is 0 Å². The molecule has 2 rings (SSSR count). The minimum absolute atomic E-state index is 0.0362. The Morgan fingerprint density at radius 1 is 1.33 bits per heavy atom. The van der Waals surface area contributed by atoms with Crippen molar-refractivity contribution in [2.75, 3.05) is 19.6 Å². The summed E-state index contributed by atoms with van der Waals surface area (Å²) in [6.07, 6.45) is 3.10. The molecule has 1 aromatic carbocycles. The second kappa shape index (κ2) is 6.98. The summed E-state index contributed by atoms with van der Waals surface area (Å²) in [4.78, 5) is 12.4. The zero-order chi connectivity index (χ0) is 15.3. The van der Waals surface area contributed by atoms with Gasteiger partial charge in [0.05, 0.1) is 5.41 Å². The largest absolute Gasteiger partial charge is 0.355 e. The predicted octanol–water partition coefficient (Wildman–Crippen LogP) is 2.40. The second-order valence-corrected chi connectivity index (χ2v) is 5.70. The molecular weight excluding hydrogens is 274 g/mol. The number of carbonyl (C=O) groups excluding carboxylic acids is 1. The molecule has 0 spiro atoms. The Hall–Kier alpha value is -1.49. The maximum atomic E-state index is 13.1. The molecule has 3 nitrogen and oxygen atoms in total. The van der Waals surface area contributed by atoms with Crippen molar-refractivity contribution in [2.24, 2.45) is 5.41 Å². The first-order valence-electron chi connectivity index (χ1n) is 7.50. The Labute approximate surface area is 124 Å². The second-order valence-electron chi connectivity index (χ2n) is 5.70. The highest BCUT2D eigenvalue weighted by Crippen LogP contribution is 2.30. The van der Waals surface area contributed by atoms with Crippen LogP contribution in [0.4, 0.5) is 8.78 Å². The number of hydrogen-bond donors (Lipinski definition) is 2. The van der Waals surface area contributed by atoms with Gasteiger partial charge in [0.2, 0.25) is 5.91 Å². The first kappa shape index (κ1) is 15.9. The summed E-state index contributed by atoms with van der Waals surface area (Å²) in [5.41, 5.74) is 0.214. The topological polar surface area (TPSA) is 41.1 Å². The molecule has 1 aliphatic heterocycles. The lowest BCUT2D eigenvalue weighted by atomic mass is 9.77. The minimum Gasteiger partial charge on any atom is -0.355 e. The van der Waals surface area contributed by atoms with E-state index in [0.717, 1.165) is 31.9 Å². The minimum atomic E-state index is -0.585. The summed E-state index contributed by atoms with van der Waals surface area (Å²) >= 11 is 0. The van der Waals surface area contributed by atoms with Crippen LogP contribution in [0.1, 0.15) is 31.7 Å². The molecule has 0 saturated carbocycles. The quantitative estimate of drug-likeness (QED) is 0.876. The maximum absolute atomic E-state index is 13.1. The third-order valence-corrected chi connectivity index (χ3v) is 4.25. The first-order chi connectivity index (χ1) is 10.1. The number of rotatable bonds is 5. The van der Waals surface area contributed by atoms with E-state index in [1.165, 1.54) is 12.1 Å². The molecule has 0 aromatic heterocycles. The molecule has 0 bridgehead atoms. The lowest BCUT2D eigenvalue weighted by molar-refractivity contribution is -0.132. The van der Waals surface area contributed by atoms with Crippen LogP contribution in [0.5, 0.6) is 0 Å². The van der Waals surface area contributed by atoms with Gasteiger partial charge in [0.1, 0.15) is 11.6 Å². The maximum Gasteiger partial charge on any atom is 0.227 e. The Morgan fingerprint density at radius 3 is 2.62 bits per heavy atom. The smallest absolute Gasteiger partial charge is 0.227 e. The van der Waals surface area contributed by atoms with Crippen molar-refractivity contribution in [3.63, 3.8) is 0 Å².